The number of hydrogen-bond acceptors (Lipinski definition) is 4. The Hall–Kier alpha value is -1.98. The highest BCUT2D eigenvalue weighted by Gasteiger charge is 2.14. The average Bonchev–Trinajstić information content (AvgIpc) is 2.59. The quantitative estimate of drug-likeness (QED) is 0.804. The maximum Gasteiger partial charge on any atom is 0.255 e. The van der Waals surface area contributed by atoms with Crippen LogP contribution in [-0.4, -0.2) is 30.9 Å². The van der Waals surface area contributed by atoms with Crippen molar-refractivity contribution < 1.29 is 14.6 Å². The fourth-order valence-corrected chi connectivity index (χ4v) is 2.47. The molecule has 22 heavy (non-hydrogen) atoms. The molecule has 0 fully saturated rings. The summed E-state index contributed by atoms with van der Waals surface area (Å²) in [6.45, 7) is 0.148. The average molecular weight is 317 g/mol. The van der Waals surface area contributed by atoms with E-state index < -0.39 is 6.10 Å². The third-order valence-corrected chi connectivity index (χ3v) is 4.05. The van der Waals surface area contributed by atoms with Crippen molar-refractivity contribution in [1.82, 2.24) is 5.32 Å². The first-order valence-electron chi connectivity index (χ1n) is 6.89. The summed E-state index contributed by atoms with van der Waals surface area (Å²) in [7, 11) is 1.52. The Labute approximate surface area is 134 Å². The summed E-state index contributed by atoms with van der Waals surface area (Å²) in [6, 6.07) is 14.6. The van der Waals surface area contributed by atoms with Crippen LogP contribution >= 0.6 is 11.8 Å². The molecular formula is C17H19NO3S. The van der Waals surface area contributed by atoms with Crippen LogP contribution < -0.4 is 10.1 Å². The van der Waals surface area contributed by atoms with Crippen LogP contribution in [0.15, 0.2) is 53.4 Å². The minimum Gasteiger partial charge on any atom is -0.496 e. The largest absolute Gasteiger partial charge is 0.496 e. The summed E-state index contributed by atoms with van der Waals surface area (Å²) in [4.78, 5) is 13.3. The molecule has 2 aromatic carbocycles. The minimum atomic E-state index is -0.741. The molecule has 4 nitrogen and oxygen atoms in total. The van der Waals surface area contributed by atoms with Gasteiger partial charge >= 0.3 is 0 Å². The predicted molar refractivity (Wildman–Crippen MR) is 88.5 cm³/mol. The van der Waals surface area contributed by atoms with Gasteiger partial charge in [0.15, 0.2) is 0 Å². The Bertz CT molecular complexity index is 628. The maximum atomic E-state index is 12.2. The Morgan fingerprint density at radius 1 is 1.23 bits per heavy atom. The van der Waals surface area contributed by atoms with E-state index in [1.54, 1.807) is 36.0 Å². The van der Waals surface area contributed by atoms with Gasteiger partial charge in [-0.05, 0) is 36.1 Å². The molecule has 0 heterocycles. The highest BCUT2D eigenvalue weighted by molar-refractivity contribution is 7.98. The lowest BCUT2D eigenvalue weighted by Crippen LogP contribution is -2.28. The monoisotopic (exact) mass is 317 g/mol. The number of methoxy groups -OCH3 is 1. The number of ether oxygens (including phenoxy) is 1. The SMILES string of the molecule is COc1ccccc1C(=O)NCC(O)c1ccc(SC)cc1. The first-order valence-corrected chi connectivity index (χ1v) is 8.11. The fourth-order valence-electron chi connectivity index (χ4n) is 2.06. The Balaban J connectivity index is 1.97. The lowest BCUT2D eigenvalue weighted by molar-refractivity contribution is 0.0913. The molecule has 1 unspecified atom stereocenters. The second-order valence-electron chi connectivity index (χ2n) is 4.70. The van der Waals surface area contributed by atoms with Crippen LogP contribution in [0.25, 0.3) is 0 Å². The van der Waals surface area contributed by atoms with Crippen molar-refractivity contribution in [3.63, 3.8) is 0 Å². The molecule has 0 saturated heterocycles. The van der Waals surface area contributed by atoms with Crippen molar-refractivity contribution in [2.75, 3.05) is 19.9 Å². The second kappa shape index (κ2) is 7.87. The second-order valence-corrected chi connectivity index (χ2v) is 5.58. The molecule has 2 N–H and O–H groups in total. The summed E-state index contributed by atoms with van der Waals surface area (Å²) in [6.07, 6.45) is 1.26. The van der Waals surface area contributed by atoms with Crippen LogP contribution in [0.2, 0.25) is 0 Å². The van der Waals surface area contributed by atoms with E-state index in [1.165, 1.54) is 7.11 Å². The van der Waals surface area contributed by atoms with Crippen molar-refractivity contribution in [2.24, 2.45) is 0 Å². The molecule has 0 aliphatic heterocycles. The number of benzene rings is 2. The van der Waals surface area contributed by atoms with Crippen LogP contribution in [0.5, 0.6) is 5.75 Å². The van der Waals surface area contributed by atoms with Gasteiger partial charge in [0.1, 0.15) is 5.75 Å². The highest BCUT2D eigenvalue weighted by Crippen LogP contribution is 2.20. The minimum absolute atomic E-state index is 0.148. The molecule has 0 spiro atoms. The van der Waals surface area contributed by atoms with Gasteiger partial charge in [-0.2, -0.15) is 0 Å². The molecule has 2 aromatic rings. The molecule has 0 saturated carbocycles. The van der Waals surface area contributed by atoms with Gasteiger partial charge in [-0.1, -0.05) is 24.3 Å². The number of nitrogens with one attached hydrogen (secondary N) is 1. The van der Waals surface area contributed by atoms with E-state index in [0.717, 1.165) is 10.5 Å². The maximum absolute atomic E-state index is 12.2. The number of aliphatic hydroxyl groups excluding tert-OH is 1. The molecule has 0 radical (unpaired) electrons. The molecule has 0 aliphatic rings. The van der Waals surface area contributed by atoms with Gasteiger partial charge in [-0.25, -0.2) is 0 Å². The number of para-hydroxylation sites is 1. The zero-order valence-corrected chi connectivity index (χ0v) is 13.4. The molecule has 116 valence electrons. The van der Waals surface area contributed by atoms with Gasteiger partial charge in [0.05, 0.1) is 18.8 Å². The van der Waals surface area contributed by atoms with Crippen LogP contribution in [0.3, 0.4) is 0 Å². The number of thioether (sulfide) groups is 1. The molecular weight excluding hydrogens is 298 g/mol. The van der Waals surface area contributed by atoms with Gasteiger partial charge in [-0.15, -0.1) is 11.8 Å². The number of rotatable bonds is 6. The molecule has 1 amide bonds. The number of hydrogen-bond donors (Lipinski definition) is 2. The number of aliphatic hydroxyl groups is 1. The summed E-state index contributed by atoms with van der Waals surface area (Å²) < 4.78 is 5.16. The van der Waals surface area contributed by atoms with Crippen molar-refractivity contribution >= 4 is 17.7 Å². The van der Waals surface area contributed by atoms with E-state index in [-0.39, 0.29) is 12.5 Å². The topological polar surface area (TPSA) is 58.6 Å². The van der Waals surface area contributed by atoms with Gasteiger partial charge in [-0.3, -0.25) is 4.79 Å². The summed E-state index contributed by atoms with van der Waals surface area (Å²) in [5, 5.41) is 12.9. The van der Waals surface area contributed by atoms with E-state index in [9.17, 15) is 9.90 Å². The first-order chi connectivity index (χ1) is 10.7. The molecule has 0 bridgehead atoms. The molecule has 0 aromatic heterocycles. The third kappa shape index (κ3) is 4.02. The number of amides is 1. The first kappa shape index (κ1) is 16.4. The van der Waals surface area contributed by atoms with Crippen molar-refractivity contribution in [1.29, 1.82) is 0 Å². The zero-order valence-electron chi connectivity index (χ0n) is 12.6. The van der Waals surface area contributed by atoms with Gasteiger partial charge in [0.25, 0.3) is 5.91 Å². The van der Waals surface area contributed by atoms with Crippen LogP contribution in [0.1, 0.15) is 22.0 Å². The predicted octanol–water partition coefficient (Wildman–Crippen LogP) is 2.88. The summed E-state index contributed by atoms with van der Waals surface area (Å²) in [5.41, 5.74) is 1.23. The van der Waals surface area contributed by atoms with Crippen molar-refractivity contribution in [3.05, 3.63) is 59.7 Å². The zero-order chi connectivity index (χ0) is 15.9. The van der Waals surface area contributed by atoms with Gasteiger partial charge in [0.2, 0.25) is 0 Å². The number of carbonyl (C=O) groups is 1. The van der Waals surface area contributed by atoms with Crippen LogP contribution in [0.4, 0.5) is 0 Å². The van der Waals surface area contributed by atoms with E-state index in [2.05, 4.69) is 5.32 Å². The molecule has 2 rings (SSSR count). The molecule has 1 atom stereocenters. The Morgan fingerprint density at radius 3 is 2.55 bits per heavy atom. The van der Waals surface area contributed by atoms with E-state index in [0.29, 0.717) is 11.3 Å². The normalized spacial score (nSPS) is 11.8. The number of carbonyl (C=O) groups excluding carboxylic acids is 1. The van der Waals surface area contributed by atoms with E-state index in [4.69, 9.17) is 4.74 Å². The van der Waals surface area contributed by atoms with Crippen LogP contribution in [0, 0.1) is 0 Å². The Kier molecular flexibility index (Phi) is 5.86. The van der Waals surface area contributed by atoms with E-state index in [1.807, 2.05) is 30.5 Å². The highest BCUT2D eigenvalue weighted by atomic mass is 32.2. The Morgan fingerprint density at radius 2 is 1.91 bits per heavy atom. The molecule has 5 heteroatoms. The van der Waals surface area contributed by atoms with Crippen molar-refractivity contribution in [3.8, 4) is 5.75 Å². The lowest BCUT2D eigenvalue weighted by Gasteiger charge is -2.14. The standard InChI is InChI=1S/C17H19NO3S/c1-21-16-6-4-3-5-14(16)17(20)18-11-15(19)12-7-9-13(22-2)10-8-12/h3-10,15,19H,11H2,1-2H3,(H,18,20). The summed E-state index contributed by atoms with van der Waals surface area (Å²) >= 11 is 1.64. The lowest BCUT2D eigenvalue weighted by atomic mass is 10.1. The smallest absolute Gasteiger partial charge is 0.255 e. The summed E-state index contributed by atoms with van der Waals surface area (Å²) in [5.74, 6) is 0.246. The van der Waals surface area contributed by atoms with E-state index >= 15 is 0 Å². The molecule has 0 aliphatic carbocycles. The van der Waals surface area contributed by atoms with Gasteiger partial charge in [0, 0.05) is 11.4 Å². The third-order valence-electron chi connectivity index (χ3n) is 3.31. The fraction of sp³-hybridized carbons (Fsp3) is 0.235. The van der Waals surface area contributed by atoms with Gasteiger partial charge < -0.3 is 15.2 Å². The van der Waals surface area contributed by atoms with Crippen LogP contribution in [-0.2, 0) is 0 Å². The van der Waals surface area contributed by atoms with Crippen molar-refractivity contribution in [2.45, 2.75) is 11.0 Å².